The van der Waals surface area contributed by atoms with Crippen LogP contribution in [-0.4, -0.2) is 36.2 Å². The summed E-state index contributed by atoms with van der Waals surface area (Å²) in [5, 5.41) is 0. The molecule has 0 aliphatic carbocycles. The number of carbonyl (C=O) groups excluding carboxylic acids is 2. The molecule has 0 aliphatic rings. The molecule has 0 rings (SSSR count). The lowest BCUT2D eigenvalue weighted by Crippen LogP contribution is -2.41. The quantitative estimate of drug-likeness (QED) is 0.586. The molecule has 0 bridgehead atoms. The van der Waals surface area contributed by atoms with Gasteiger partial charge in [0.25, 0.3) is 0 Å². The molecule has 2 N–H and O–H groups in total. The van der Waals surface area contributed by atoms with Crippen molar-refractivity contribution < 1.29 is 9.59 Å². The average Bonchev–Trinajstić information content (AvgIpc) is 1.98. The first-order chi connectivity index (χ1) is 5.13. The Bertz CT molecular complexity index is 145. The van der Waals surface area contributed by atoms with Crippen molar-refractivity contribution in [2.45, 2.75) is 19.9 Å². The molecular weight excluding hydrogens is 144 g/mol. The highest BCUT2D eigenvalue weighted by Gasteiger charge is 2.13. The van der Waals surface area contributed by atoms with Gasteiger partial charge in [0, 0.05) is 6.04 Å². The second-order valence-corrected chi connectivity index (χ2v) is 2.46. The van der Waals surface area contributed by atoms with Gasteiger partial charge < -0.3 is 10.6 Å². The highest BCUT2D eigenvalue weighted by molar-refractivity contribution is 5.80. The Balaban J connectivity index is 4.08. The fraction of sp³-hybridized carbons (Fsp3) is 0.714. The van der Waals surface area contributed by atoms with Crippen molar-refractivity contribution in [1.29, 1.82) is 0 Å². The number of carbonyl (C=O) groups is 1. The summed E-state index contributed by atoms with van der Waals surface area (Å²) in [5.41, 5.74) is 5.12. The summed E-state index contributed by atoms with van der Waals surface area (Å²) < 4.78 is 0. The normalized spacial score (nSPS) is 9.82. The predicted octanol–water partition coefficient (Wildman–Crippen LogP) is -0.708. The molecule has 0 aromatic rings. The maximum absolute atomic E-state index is 11.0. The Morgan fingerprint density at radius 1 is 1.64 bits per heavy atom. The molecule has 0 saturated carbocycles. The lowest BCUT2D eigenvalue weighted by atomic mass is 10.3. The second kappa shape index (κ2) is 4.85. The summed E-state index contributed by atoms with van der Waals surface area (Å²) in [6.45, 7) is 3.60. The number of rotatable bonds is 4. The summed E-state index contributed by atoms with van der Waals surface area (Å²) in [7, 11) is 0. The zero-order chi connectivity index (χ0) is 8.85. The number of hydrogen-bond donors (Lipinski definition) is 1. The van der Waals surface area contributed by atoms with E-state index in [1.165, 1.54) is 4.90 Å². The monoisotopic (exact) mass is 157 g/mol. The minimum Gasteiger partial charge on any atom is -0.331 e. The zero-order valence-electron chi connectivity index (χ0n) is 6.83. The fourth-order valence-electron chi connectivity index (χ4n) is 0.746. The van der Waals surface area contributed by atoms with E-state index in [0.717, 1.165) is 0 Å². The third-order valence-electron chi connectivity index (χ3n) is 1.35. The minimum atomic E-state index is -0.219. The van der Waals surface area contributed by atoms with Crippen LogP contribution in [-0.2, 0) is 9.59 Å². The van der Waals surface area contributed by atoms with Crippen molar-refractivity contribution in [2.75, 3.05) is 13.1 Å². The summed E-state index contributed by atoms with van der Waals surface area (Å²) >= 11 is 0. The molecule has 63 valence electrons. The average molecular weight is 157 g/mol. The molecule has 0 heterocycles. The fourth-order valence-corrected chi connectivity index (χ4v) is 0.746. The Hall–Kier alpha value is -0.900. The molecule has 0 saturated heterocycles. The first kappa shape index (κ1) is 10.1. The van der Waals surface area contributed by atoms with Crippen molar-refractivity contribution in [1.82, 2.24) is 4.90 Å². The molecule has 0 spiro atoms. The maximum atomic E-state index is 11.0. The van der Waals surface area contributed by atoms with Crippen LogP contribution in [0.25, 0.3) is 0 Å². The van der Waals surface area contributed by atoms with E-state index in [9.17, 15) is 9.59 Å². The Labute approximate surface area is 66.4 Å². The van der Waals surface area contributed by atoms with Crippen LogP contribution in [0.3, 0.4) is 0 Å². The molecule has 0 fully saturated rings. The van der Waals surface area contributed by atoms with E-state index in [-0.39, 0.29) is 25.0 Å². The SMILES string of the molecule is CC(C)N(C[C]=O)C(=O)CN. The standard InChI is InChI=1S/C7H13N2O2/c1-6(2)9(3-4-10)7(11)5-8/h6H,3,5,8H2,1-2H3. The number of nitrogens with two attached hydrogens (primary N) is 1. The van der Waals surface area contributed by atoms with E-state index in [1.54, 1.807) is 6.29 Å². The van der Waals surface area contributed by atoms with E-state index >= 15 is 0 Å². The van der Waals surface area contributed by atoms with Crippen molar-refractivity contribution >= 4 is 12.2 Å². The molecule has 1 amide bonds. The molecule has 0 aromatic heterocycles. The molecule has 4 nitrogen and oxygen atoms in total. The van der Waals surface area contributed by atoms with Gasteiger partial charge in [0.1, 0.15) is 0 Å². The van der Waals surface area contributed by atoms with E-state index < -0.39 is 0 Å². The number of hydrogen-bond acceptors (Lipinski definition) is 3. The van der Waals surface area contributed by atoms with Crippen molar-refractivity contribution in [3.63, 3.8) is 0 Å². The molecule has 0 aliphatic heterocycles. The van der Waals surface area contributed by atoms with Gasteiger partial charge in [0.2, 0.25) is 12.2 Å². The van der Waals surface area contributed by atoms with Crippen LogP contribution < -0.4 is 5.73 Å². The van der Waals surface area contributed by atoms with Crippen LogP contribution in [0.15, 0.2) is 0 Å². The maximum Gasteiger partial charge on any atom is 0.236 e. The molecule has 1 radical (unpaired) electrons. The van der Waals surface area contributed by atoms with Crippen LogP contribution >= 0.6 is 0 Å². The lowest BCUT2D eigenvalue weighted by molar-refractivity contribution is -0.130. The van der Waals surface area contributed by atoms with E-state index in [4.69, 9.17) is 5.73 Å². The Morgan fingerprint density at radius 2 is 2.18 bits per heavy atom. The molecular formula is C7H13N2O2. The highest BCUT2D eigenvalue weighted by Crippen LogP contribution is 1.95. The molecule has 0 aromatic carbocycles. The van der Waals surface area contributed by atoms with Gasteiger partial charge in [-0.3, -0.25) is 9.59 Å². The van der Waals surface area contributed by atoms with Crippen LogP contribution in [0.1, 0.15) is 13.8 Å². The number of nitrogens with zero attached hydrogens (tertiary/aromatic N) is 1. The summed E-state index contributed by atoms with van der Waals surface area (Å²) in [6, 6.07) is 0.00694. The third kappa shape index (κ3) is 3.13. The smallest absolute Gasteiger partial charge is 0.236 e. The second-order valence-electron chi connectivity index (χ2n) is 2.46. The summed E-state index contributed by atoms with van der Waals surface area (Å²) in [4.78, 5) is 22.3. The molecule has 11 heavy (non-hydrogen) atoms. The van der Waals surface area contributed by atoms with Crippen molar-refractivity contribution in [3.05, 3.63) is 0 Å². The van der Waals surface area contributed by atoms with Gasteiger partial charge in [-0.1, -0.05) is 0 Å². The van der Waals surface area contributed by atoms with Crippen LogP contribution in [0.4, 0.5) is 0 Å². The third-order valence-corrected chi connectivity index (χ3v) is 1.35. The Kier molecular flexibility index (Phi) is 4.45. The van der Waals surface area contributed by atoms with Gasteiger partial charge in [-0.25, -0.2) is 0 Å². The van der Waals surface area contributed by atoms with Gasteiger partial charge in [0.15, 0.2) is 0 Å². The van der Waals surface area contributed by atoms with E-state index in [2.05, 4.69) is 0 Å². The highest BCUT2D eigenvalue weighted by atomic mass is 16.2. The first-order valence-electron chi connectivity index (χ1n) is 3.48. The van der Waals surface area contributed by atoms with Gasteiger partial charge in [-0.05, 0) is 13.8 Å². The zero-order valence-corrected chi connectivity index (χ0v) is 6.83. The molecule has 0 atom stereocenters. The van der Waals surface area contributed by atoms with Gasteiger partial charge in [0.05, 0.1) is 13.1 Å². The largest absolute Gasteiger partial charge is 0.331 e. The van der Waals surface area contributed by atoms with Gasteiger partial charge in [-0.15, -0.1) is 0 Å². The minimum absolute atomic E-state index is 0.00694. The van der Waals surface area contributed by atoms with Gasteiger partial charge >= 0.3 is 0 Å². The summed E-state index contributed by atoms with van der Waals surface area (Å²) in [6.07, 6.45) is 1.66. The van der Waals surface area contributed by atoms with Gasteiger partial charge in [-0.2, -0.15) is 0 Å². The van der Waals surface area contributed by atoms with E-state index in [1.807, 2.05) is 13.8 Å². The van der Waals surface area contributed by atoms with Crippen molar-refractivity contribution in [2.24, 2.45) is 5.73 Å². The van der Waals surface area contributed by atoms with Crippen molar-refractivity contribution in [3.8, 4) is 0 Å². The topological polar surface area (TPSA) is 63.4 Å². The van der Waals surface area contributed by atoms with Crippen LogP contribution in [0, 0.1) is 0 Å². The predicted molar refractivity (Wildman–Crippen MR) is 41.6 cm³/mol. The van der Waals surface area contributed by atoms with E-state index in [0.29, 0.717) is 0 Å². The van der Waals surface area contributed by atoms with Crippen LogP contribution in [0.2, 0.25) is 0 Å². The number of amides is 1. The molecule has 0 unspecified atom stereocenters. The Morgan fingerprint density at radius 3 is 2.45 bits per heavy atom. The first-order valence-corrected chi connectivity index (χ1v) is 3.48. The molecule has 4 heteroatoms. The van der Waals surface area contributed by atoms with Crippen LogP contribution in [0.5, 0.6) is 0 Å². The summed E-state index contributed by atoms with van der Waals surface area (Å²) in [5.74, 6) is -0.219. The lowest BCUT2D eigenvalue weighted by Gasteiger charge is -2.23.